The summed E-state index contributed by atoms with van der Waals surface area (Å²) in [5, 5.41) is 0. The van der Waals surface area contributed by atoms with Crippen molar-refractivity contribution in [3.8, 4) is 22.3 Å². The average molecular weight is 263 g/mol. The molecule has 0 amide bonds. The molecule has 2 heteroatoms. The number of hydrogen-bond acceptors (Lipinski definition) is 1. The molecule has 0 aromatic heterocycles. The van der Waals surface area contributed by atoms with Gasteiger partial charge in [0, 0.05) is 0 Å². The molecule has 0 saturated carbocycles. The SMILES string of the molecule is Nc1ccc(-c2ccc(-c3ccccc3)cc2)cc1F. The fraction of sp³-hybridized carbons (Fsp3) is 0. The van der Waals surface area contributed by atoms with Crippen LogP contribution in [0.1, 0.15) is 0 Å². The van der Waals surface area contributed by atoms with Crippen molar-refractivity contribution in [3.05, 3.63) is 78.6 Å². The Hall–Kier alpha value is -2.61. The van der Waals surface area contributed by atoms with Crippen LogP contribution in [0.2, 0.25) is 0 Å². The first-order chi connectivity index (χ1) is 9.74. The highest BCUT2D eigenvalue weighted by Gasteiger charge is 2.03. The van der Waals surface area contributed by atoms with Crippen LogP contribution in [0.15, 0.2) is 72.8 Å². The monoisotopic (exact) mass is 263 g/mol. The molecule has 0 saturated heterocycles. The number of hydrogen-bond donors (Lipinski definition) is 1. The average Bonchev–Trinajstić information content (AvgIpc) is 2.51. The lowest BCUT2D eigenvalue weighted by Crippen LogP contribution is -1.90. The van der Waals surface area contributed by atoms with Crippen LogP contribution in [0.5, 0.6) is 0 Å². The molecule has 3 aromatic carbocycles. The molecule has 1 nitrogen and oxygen atoms in total. The van der Waals surface area contributed by atoms with Gasteiger partial charge in [-0.1, -0.05) is 60.7 Å². The number of anilines is 1. The molecule has 0 heterocycles. The molecule has 0 unspecified atom stereocenters. The van der Waals surface area contributed by atoms with E-state index in [2.05, 4.69) is 12.1 Å². The molecule has 0 atom stereocenters. The van der Waals surface area contributed by atoms with Gasteiger partial charge in [-0.05, 0) is 34.4 Å². The second-order valence-electron chi connectivity index (χ2n) is 4.68. The predicted octanol–water partition coefficient (Wildman–Crippen LogP) is 4.74. The molecule has 3 rings (SSSR count). The number of halogens is 1. The summed E-state index contributed by atoms with van der Waals surface area (Å²) in [6.45, 7) is 0. The van der Waals surface area contributed by atoms with E-state index in [0.717, 1.165) is 16.7 Å². The third-order valence-electron chi connectivity index (χ3n) is 3.33. The summed E-state index contributed by atoms with van der Waals surface area (Å²) in [7, 11) is 0. The summed E-state index contributed by atoms with van der Waals surface area (Å²) in [5.74, 6) is -0.380. The third kappa shape index (κ3) is 2.41. The van der Waals surface area contributed by atoms with Crippen molar-refractivity contribution in [1.29, 1.82) is 0 Å². The lowest BCUT2D eigenvalue weighted by Gasteiger charge is -2.06. The van der Waals surface area contributed by atoms with E-state index in [1.165, 1.54) is 11.6 Å². The maximum atomic E-state index is 13.5. The van der Waals surface area contributed by atoms with Crippen LogP contribution in [0, 0.1) is 5.82 Å². The van der Waals surface area contributed by atoms with Crippen molar-refractivity contribution in [1.82, 2.24) is 0 Å². The lowest BCUT2D eigenvalue weighted by atomic mass is 10.0. The predicted molar refractivity (Wildman–Crippen MR) is 81.7 cm³/mol. The van der Waals surface area contributed by atoms with Crippen molar-refractivity contribution in [2.24, 2.45) is 0 Å². The van der Waals surface area contributed by atoms with E-state index in [-0.39, 0.29) is 11.5 Å². The van der Waals surface area contributed by atoms with Crippen LogP contribution < -0.4 is 5.73 Å². The zero-order chi connectivity index (χ0) is 13.9. The smallest absolute Gasteiger partial charge is 0.146 e. The van der Waals surface area contributed by atoms with E-state index in [1.807, 2.05) is 48.5 Å². The van der Waals surface area contributed by atoms with Gasteiger partial charge in [-0.25, -0.2) is 4.39 Å². The van der Waals surface area contributed by atoms with Crippen LogP contribution in [-0.4, -0.2) is 0 Å². The van der Waals surface area contributed by atoms with Gasteiger partial charge in [0.2, 0.25) is 0 Å². The van der Waals surface area contributed by atoms with Crippen LogP contribution >= 0.6 is 0 Å². The molecular formula is C18H14FN. The molecule has 0 bridgehead atoms. The number of benzene rings is 3. The van der Waals surface area contributed by atoms with E-state index >= 15 is 0 Å². The van der Waals surface area contributed by atoms with Crippen molar-refractivity contribution in [2.45, 2.75) is 0 Å². The highest BCUT2D eigenvalue weighted by molar-refractivity contribution is 5.71. The normalized spacial score (nSPS) is 10.4. The number of nitrogens with two attached hydrogens (primary N) is 1. The number of rotatable bonds is 2. The van der Waals surface area contributed by atoms with Crippen LogP contribution in [0.4, 0.5) is 10.1 Å². The van der Waals surface area contributed by atoms with Gasteiger partial charge in [0.05, 0.1) is 5.69 Å². The zero-order valence-electron chi connectivity index (χ0n) is 10.9. The fourth-order valence-electron chi connectivity index (χ4n) is 2.19. The third-order valence-corrected chi connectivity index (χ3v) is 3.33. The Balaban J connectivity index is 1.95. The highest BCUT2D eigenvalue weighted by atomic mass is 19.1. The molecule has 0 aliphatic carbocycles. The van der Waals surface area contributed by atoms with Gasteiger partial charge in [0.25, 0.3) is 0 Å². The van der Waals surface area contributed by atoms with Gasteiger partial charge in [0.1, 0.15) is 5.82 Å². The molecule has 0 spiro atoms. The fourth-order valence-corrected chi connectivity index (χ4v) is 2.19. The first kappa shape index (κ1) is 12.4. The van der Waals surface area contributed by atoms with Gasteiger partial charge in [0.15, 0.2) is 0 Å². The minimum absolute atomic E-state index is 0.176. The first-order valence-electron chi connectivity index (χ1n) is 6.45. The Morgan fingerprint density at radius 3 is 1.70 bits per heavy atom. The Kier molecular flexibility index (Phi) is 3.21. The molecule has 0 radical (unpaired) electrons. The Morgan fingerprint density at radius 1 is 0.600 bits per heavy atom. The minimum atomic E-state index is -0.380. The summed E-state index contributed by atoms with van der Waals surface area (Å²) >= 11 is 0. The van der Waals surface area contributed by atoms with E-state index in [1.54, 1.807) is 6.07 Å². The number of nitrogen functional groups attached to an aromatic ring is 1. The second kappa shape index (κ2) is 5.17. The molecule has 98 valence electrons. The van der Waals surface area contributed by atoms with Crippen LogP contribution in [0.3, 0.4) is 0 Å². The Labute approximate surface area is 117 Å². The van der Waals surface area contributed by atoms with Gasteiger partial charge < -0.3 is 5.73 Å². The summed E-state index contributed by atoms with van der Waals surface area (Å²) < 4.78 is 13.5. The topological polar surface area (TPSA) is 26.0 Å². The van der Waals surface area contributed by atoms with Crippen molar-refractivity contribution < 1.29 is 4.39 Å². The molecule has 3 aromatic rings. The minimum Gasteiger partial charge on any atom is -0.396 e. The largest absolute Gasteiger partial charge is 0.396 e. The maximum absolute atomic E-state index is 13.5. The van der Waals surface area contributed by atoms with Crippen LogP contribution in [-0.2, 0) is 0 Å². The zero-order valence-corrected chi connectivity index (χ0v) is 10.9. The standard InChI is InChI=1S/C18H14FN/c19-17-12-16(10-11-18(17)20)15-8-6-14(7-9-15)13-4-2-1-3-5-13/h1-12H,20H2. The second-order valence-corrected chi connectivity index (χ2v) is 4.68. The summed E-state index contributed by atoms with van der Waals surface area (Å²) in [6, 6.07) is 23.1. The summed E-state index contributed by atoms with van der Waals surface area (Å²) in [4.78, 5) is 0. The molecule has 2 N–H and O–H groups in total. The lowest BCUT2D eigenvalue weighted by molar-refractivity contribution is 0.633. The Bertz CT molecular complexity index is 718. The quantitative estimate of drug-likeness (QED) is 0.664. The van der Waals surface area contributed by atoms with Crippen molar-refractivity contribution >= 4 is 5.69 Å². The maximum Gasteiger partial charge on any atom is 0.146 e. The molecule has 0 aliphatic rings. The van der Waals surface area contributed by atoms with E-state index in [0.29, 0.717) is 0 Å². The molecule has 0 aliphatic heterocycles. The van der Waals surface area contributed by atoms with Crippen LogP contribution in [0.25, 0.3) is 22.3 Å². The summed E-state index contributed by atoms with van der Waals surface area (Å²) in [6.07, 6.45) is 0. The van der Waals surface area contributed by atoms with E-state index in [4.69, 9.17) is 5.73 Å². The van der Waals surface area contributed by atoms with Crippen molar-refractivity contribution in [3.63, 3.8) is 0 Å². The molecule has 20 heavy (non-hydrogen) atoms. The van der Waals surface area contributed by atoms with Gasteiger partial charge in [-0.2, -0.15) is 0 Å². The van der Waals surface area contributed by atoms with Gasteiger partial charge in [-0.3, -0.25) is 0 Å². The van der Waals surface area contributed by atoms with E-state index < -0.39 is 0 Å². The van der Waals surface area contributed by atoms with Gasteiger partial charge in [-0.15, -0.1) is 0 Å². The molecule has 0 fully saturated rings. The van der Waals surface area contributed by atoms with Gasteiger partial charge >= 0.3 is 0 Å². The Morgan fingerprint density at radius 2 is 1.10 bits per heavy atom. The summed E-state index contributed by atoms with van der Waals surface area (Å²) in [5.41, 5.74) is 9.79. The van der Waals surface area contributed by atoms with E-state index in [9.17, 15) is 4.39 Å². The highest BCUT2D eigenvalue weighted by Crippen LogP contribution is 2.26. The van der Waals surface area contributed by atoms with Crippen molar-refractivity contribution in [2.75, 3.05) is 5.73 Å². The molecular weight excluding hydrogens is 249 g/mol. The first-order valence-corrected chi connectivity index (χ1v) is 6.45.